The van der Waals surface area contributed by atoms with Gasteiger partial charge in [-0.15, -0.1) is 0 Å². The summed E-state index contributed by atoms with van der Waals surface area (Å²) in [6, 6.07) is 7.71. The number of hydrogen-bond donors (Lipinski definition) is 0. The largest absolute Gasteiger partial charge is 0.494 e. The molecule has 0 amide bonds. The van der Waals surface area contributed by atoms with E-state index in [1.165, 1.54) is 0 Å². The molecule has 0 aliphatic rings. The molecule has 1 heterocycles. The lowest BCUT2D eigenvalue weighted by Crippen LogP contribution is -1.94. The van der Waals surface area contributed by atoms with Gasteiger partial charge in [-0.1, -0.05) is 6.07 Å². The van der Waals surface area contributed by atoms with Crippen molar-refractivity contribution in [1.82, 2.24) is 9.97 Å². The van der Waals surface area contributed by atoms with Crippen molar-refractivity contribution < 1.29 is 4.74 Å². The Labute approximate surface area is 106 Å². The first-order valence-corrected chi connectivity index (χ1v) is 5.67. The number of ether oxygens (including phenoxy) is 1. The van der Waals surface area contributed by atoms with Crippen molar-refractivity contribution in [3.63, 3.8) is 0 Å². The summed E-state index contributed by atoms with van der Waals surface area (Å²) in [7, 11) is 1.64. The first kappa shape index (κ1) is 12.2. The summed E-state index contributed by atoms with van der Waals surface area (Å²) in [5, 5.41) is 0. The fourth-order valence-electron chi connectivity index (χ4n) is 1.55. The summed E-state index contributed by atoms with van der Waals surface area (Å²) < 4.78 is 5.28. The van der Waals surface area contributed by atoms with Crippen LogP contribution in [0.2, 0.25) is 0 Å². The summed E-state index contributed by atoms with van der Waals surface area (Å²) in [5.41, 5.74) is 2.83. The van der Waals surface area contributed by atoms with Crippen LogP contribution in [0, 0.1) is 13.8 Å². The van der Waals surface area contributed by atoms with Gasteiger partial charge in [-0.2, -0.15) is 0 Å². The zero-order valence-electron chi connectivity index (χ0n) is 10.7. The molecule has 0 aliphatic carbocycles. The van der Waals surface area contributed by atoms with Crippen LogP contribution in [0.15, 0.2) is 35.5 Å². The van der Waals surface area contributed by atoms with Crippen LogP contribution < -0.4 is 4.74 Å². The summed E-state index contributed by atoms with van der Waals surface area (Å²) in [4.78, 5) is 12.7. The van der Waals surface area contributed by atoms with E-state index in [9.17, 15) is 0 Å². The van der Waals surface area contributed by atoms with E-state index in [0.29, 0.717) is 5.82 Å². The van der Waals surface area contributed by atoms with Crippen molar-refractivity contribution in [3.05, 3.63) is 47.5 Å². The van der Waals surface area contributed by atoms with Gasteiger partial charge in [-0.3, -0.25) is 0 Å². The average Bonchev–Trinajstić information content (AvgIpc) is 2.37. The highest BCUT2D eigenvalue weighted by atomic mass is 16.5. The Morgan fingerprint density at radius 2 is 2.06 bits per heavy atom. The second-order valence-corrected chi connectivity index (χ2v) is 3.99. The molecule has 4 nitrogen and oxygen atoms in total. The van der Waals surface area contributed by atoms with Crippen LogP contribution in [0.3, 0.4) is 0 Å². The highest BCUT2D eigenvalue weighted by Crippen LogP contribution is 2.27. The molecular weight excluding hydrogens is 226 g/mol. The SMILES string of the molecule is COc1cc(C)ccc1/N=C\c1nccc(C)n1. The lowest BCUT2D eigenvalue weighted by Gasteiger charge is -2.04. The number of benzene rings is 1. The van der Waals surface area contributed by atoms with E-state index in [2.05, 4.69) is 15.0 Å². The van der Waals surface area contributed by atoms with Gasteiger partial charge in [0.1, 0.15) is 11.4 Å². The number of methoxy groups -OCH3 is 1. The normalized spacial score (nSPS) is 10.8. The van der Waals surface area contributed by atoms with E-state index in [4.69, 9.17) is 4.74 Å². The Balaban J connectivity index is 2.28. The van der Waals surface area contributed by atoms with Crippen molar-refractivity contribution in [3.8, 4) is 5.75 Å². The quantitative estimate of drug-likeness (QED) is 0.776. The fraction of sp³-hybridized carbons (Fsp3) is 0.214. The van der Waals surface area contributed by atoms with E-state index in [0.717, 1.165) is 22.7 Å². The highest BCUT2D eigenvalue weighted by Gasteiger charge is 2.01. The van der Waals surface area contributed by atoms with Crippen LogP contribution in [-0.2, 0) is 0 Å². The second-order valence-electron chi connectivity index (χ2n) is 3.99. The first-order valence-electron chi connectivity index (χ1n) is 5.67. The Bertz CT molecular complexity index is 579. The molecule has 0 unspecified atom stereocenters. The van der Waals surface area contributed by atoms with Gasteiger partial charge < -0.3 is 4.74 Å². The summed E-state index contributed by atoms with van der Waals surface area (Å²) in [6.07, 6.45) is 3.36. The zero-order chi connectivity index (χ0) is 13.0. The van der Waals surface area contributed by atoms with Gasteiger partial charge in [0.2, 0.25) is 0 Å². The summed E-state index contributed by atoms with van der Waals surface area (Å²) >= 11 is 0. The zero-order valence-corrected chi connectivity index (χ0v) is 10.7. The van der Waals surface area contributed by atoms with Gasteiger partial charge in [-0.05, 0) is 37.6 Å². The van der Waals surface area contributed by atoms with Gasteiger partial charge >= 0.3 is 0 Å². The first-order chi connectivity index (χ1) is 8.69. The molecule has 0 spiro atoms. The topological polar surface area (TPSA) is 47.4 Å². The molecule has 0 atom stereocenters. The lowest BCUT2D eigenvalue weighted by atomic mass is 10.2. The third-order valence-corrected chi connectivity index (χ3v) is 2.47. The van der Waals surface area contributed by atoms with E-state index < -0.39 is 0 Å². The molecule has 92 valence electrons. The predicted molar refractivity (Wildman–Crippen MR) is 71.8 cm³/mol. The van der Waals surface area contributed by atoms with Gasteiger partial charge in [0.15, 0.2) is 5.82 Å². The average molecular weight is 241 g/mol. The molecule has 18 heavy (non-hydrogen) atoms. The molecule has 1 aromatic carbocycles. The minimum absolute atomic E-state index is 0.595. The molecule has 0 aliphatic heterocycles. The lowest BCUT2D eigenvalue weighted by molar-refractivity contribution is 0.416. The molecule has 2 aromatic rings. The smallest absolute Gasteiger partial charge is 0.170 e. The van der Waals surface area contributed by atoms with Crippen LogP contribution in [0.1, 0.15) is 17.1 Å². The van der Waals surface area contributed by atoms with Crippen molar-refractivity contribution in [2.24, 2.45) is 4.99 Å². The molecular formula is C14H15N3O. The third-order valence-electron chi connectivity index (χ3n) is 2.47. The van der Waals surface area contributed by atoms with Crippen LogP contribution >= 0.6 is 0 Å². The van der Waals surface area contributed by atoms with Crippen molar-refractivity contribution in [2.75, 3.05) is 7.11 Å². The Kier molecular flexibility index (Phi) is 3.67. The van der Waals surface area contributed by atoms with E-state index in [1.54, 1.807) is 19.5 Å². The van der Waals surface area contributed by atoms with Gasteiger partial charge in [0.05, 0.1) is 13.3 Å². The molecule has 0 bridgehead atoms. The van der Waals surface area contributed by atoms with Crippen molar-refractivity contribution in [2.45, 2.75) is 13.8 Å². The van der Waals surface area contributed by atoms with Crippen LogP contribution in [0.4, 0.5) is 5.69 Å². The molecule has 0 radical (unpaired) electrons. The van der Waals surface area contributed by atoms with Gasteiger partial charge in [-0.25, -0.2) is 15.0 Å². The maximum atomic E-state index is 5.28. The number of aromatic nitrogens is 2. The molecule has 0 N–H and O–H groups in total. The Morgan fingerprint density at radius 3 is 2.78 bits per heavy atom. The monoisotopic (exact) mass is 241 g/mol. The molecule has 2 rings (SSSR count). The van der Waals surface area contributed by atoms with E-state index >= 15 is 0 Å². The van der Waals surface area contributed by atoms with Gasteiger partial charge in [0, 0.05) is 11.9 Å². The number of aryl methyl sites for hydroxylation is 2. The fourth-order valence-corrected chi connectivity index (χ4v) is 1.55. The van der Waals surface area contributed by atoms with Crippen LogP contribution in [0.25, 0.3) is 0 Å². The number of hydrogen-bond acceptors (Lipinski definition) is 4. The summed E-state index contributed by atoms with van der Waals surface area (Å²) in [6.45, 7) is 3.94. The van der Waals surface area contributed by atoms with Crippen molar-refractivity contribution >= 4 is 11.9 Å². The van der Waals surface area contributed by atoms with E-state index in [-0.39, 0.29) is 0 Å². The maximum Gasteiger partial charge on any atom is 0.170 e. The second kappa shape index (κ2) is 5.40. The molecule has 0 saturated carbocycles. The minimum Gasteiger partial charge on any atom is -0.494 e. The third kappa shape index (κ3) is 2.91. The highest BCUT2D eigenvalue weighted by molar-refractivity contribution is 5.78. The Hall–Kier alpha value is -2.23. The number of rotatable bonds is 3. The minimum atomic E-state index is 0.595. The maximum absolute atomic E-state index is 5.28. The van der Waals surface area contributed by atoms with Crippen LogP contribution in [0.5, 0.6) is 5.75 Å². The van der Waals surface area contributed by atoms with Crippen molar-refractivity contribution in [1.29, 1.82) is 0 Å². The number of aliphatic imine (C=N–C) groups is 1. The standard InChI is InChI=1S/C14H15N3O/c1-10-4-5-12(13(8-10)18-3)16-9-14-15-7-6-11(2)17-14/h4-9H,1-3H3/b16-9-. The van der Waals surface area contributed by atoms with Crippen LogP contribution in [-0.4, -0.2) is 23.3 Å². The summed E-state index contributed by atoms with van der Waals surface area (Å²) in [5.74, 6) is 1.34. The molecule has 0 fully saturated rings. The molecule has 4 heteroatoms. The number of nitrogens with zero attached hydrogens (tertiary/aromatic N) is 3. The molecule has 1 aromatic heterocycles. The van der Waals surface area contributed by atoms with E-state index in [1.807, 2.05) is 38.1 Å². The predicted octanol–water partition coefficient (Wildman–Crippen LogP) is 2.85. The van der Waals surface area contributed by atoms with Gasteiger partial charge in [0.25, 0.3) is 0 Å². The molecule has 0 saturated heterocycles. The Morgan fingerprint density at radius 1 is 1.22 bits per heavy atom.